The highest BCUT2D eigenvalue weighted by molar-refractivity contribution is 7.99. The van der Waals surface area contributed by atoms with E-state index in [9.17, 15) is 14.0 Å². The predicted octanol–water partition coefficient (Wildman–Crippen LogP) is 1.22. The summed E-state index contributed by atoms with van der Waals surface area (Å²) in [5.41, 5.74) is 0.617. The van der Waals surface area contributed by atoms with Gasteiger partial charge in [-0.3, -0.25) is 9.59 Å². The molecule has 2 N–H and O–H groups in total. The summed E-state index contributed by atoms with van der Waals surface area (Å²) in [6.07, 6.45) is 0. The van der Waals surface area contributed by atoms with Gasteiger partial charge in [0.15, 0.2) is 5.82 Å². The van der Waals surface area contributed by atoms with Crippen molar-refractivity contribution >= 4 is 23.6 Å². The highest BCUT2D eigenvalue weighted by atomic mass is 32.2. The summed E-state index contributed by atoms with van der Waals surface area (Å²) in [6.45, 7) is 5.03. The third-order valence-corrected chi connectivity index (χ3v) is 4.93. The molecule has 0 spiro atoms. The van der Waals surface area contributed by atoms with Gasteiger partial charge >= 0.3 is 0 Å². The highest BCUT2D eigenvalue weighted by Crippen LogP contribution is 2.21. The molecular formula is C17H23FN6O2S. The van der Waals surface area contributed by atoms with Gasteiger partial charge in [0.2, 0.25) is 17.0 Å². The van der Waals surface area contributed by atoms with Crippen LogP contribution in [-0.2, 0) is 9.59 Å². The molecule has 0 aliphatic rings. The SMILES string of the molecule is CCN(CC)C(=O)CN(C)C(=O)CSc1nnc(-c2ccc(F)cc2)n1N. The van der Waals surface area contributed by atoms with Crippen LogP contribution in [0.5, 0.6) is 0 Å². The monoisotopic (exact) mass is 394 g/mol. The van der Waals surface area contributed by atoms with Crippen LogP contribution in [-0.4, -0.2) is 68.9 Å². The van der Waals surface area contributed by atoms with Gasteiger partial charge in [0.25, 0.3) is 0 Å². The number of hydrogen-bond acceptors (Lipinski definition) is 6. The lowest BCUT2D eigenvalue weighted by Crippen LogP contribution is -2.41. The maximum atomic E-state index is 13.0. The first-order valence-corrected chi connectivity index (χ1v) is 9.46. The molecule has 1 aromatic carbocycles. The van der Waals surface area contributed by atoms with Crippen LogP contribution < -0.4 is 5.84 Å². The van der Waals surface area contributed by atoms with Gasteiger partial charge in [-0.25, -0.2) is 9.07 Å². The van der Waals surface area contributed by atoms with Gasteiger partial charge in [0, 0.05) is 25.7 Å². The molecule has 0 saturated heterocycles. The van der Waals surface area contributed by atoms with Gasteiger partial charge in [0.1, 0.15) is 5.82 Å². The smallest absolute Gasteiger partial charge is 0.242 e. The second-order valence-electron chi connectivity index (χ2n) is 5.79. The molecule has 0 saturated carbocycles. The molecule has 0 fully saturated rings. The van der Waals surface area contributed by atoms with E-state index in [1.54, 1.807) is 24.1 Å². The number of likely N-dealkylation sites (N-methyl/N-ethyl adjacent to an activating group) is 2. The topological polar surface area (TPSA) is 97.4 Å². The number of carbonyl (C=O) groups excluding carboxylic acids is 2. The van der Waals surface area contributed by atoms with Crippen molar-refractivity contribution in [2.24, 2.45) is 0 Å². The minimum Gasteiger partial charge on any atom is -0.342 e. The molecule has 146 valence electrons. The number of aromatic nitrogens is 3. The minimum atomic E-state index is -0.357. The van der Waals surface area contributed by atoms with Crippen molar-refractivity contribution in [3.8, 4) is 11.4 Å². The predicted molar refractivity (Wildman–Crippen MR) is 102 cm³/mol. The van der Waals surface area contributed by atoms with E-state index in [1.807, 2.05) is 13.8 Å². The van der Waals surface area contributed by atoms with E-state index in [4.69, 9.17) is 5.84 Å². The summed E-state index contributed by atoms with van der Waals surface area (Å²) in [7, 11) is 1.58. The number of rotatable bonds is 8. The van der Waals surface area contributed by atoms with Crippen molar-refractivity contribution in [1.29, 1.82) is 0 Å². The number of carbonyl (C=O) groups is 2. The summed E-state index contributed by atoms with van der Waals surface area (Å²) in [5, 5.41) is 8.32. The number of thioether (sulfide) groups is 1. The summed E-state index contributed by atoms with van der Waals surface area (Å²) < 4.78 is 14.3. The Morgan fingerprint density at radius 3 is 2.37 bits per heavy atom. The fourth-order valence-electron chi connectivity index (χ4n) is 2.38. The van der Waals surface area contributed by atoms with Gasteiger partial charge < -0.3 is 15.6 Å². The fourth-order valence-corrected chi connectivity index (χ4v) is 3.17. The van der Waals surface area contributed by atoms with Crippen molar-refractivity contribution in [3.63, 3.8) is 0 Å². The van der Waals surface area contributed by atoms with E-state index in [2.05, 4.69) is 10.2 Å². The summed E-state index contributed by atoms with van der Waals surface area (Å²) in [5.74, 6) is 5.76. The van der Waals surface area contributed by atoms with E-state index in [-0.39, 0.29) is 29.9 Å². The number of nitrogens with two attached hydrogens (primary N) is 1. The maximum absolute atomic E-state index is 13.0. The Labute approximate surface area is 161 Å². The lowest BCUT2D eigenvalue weighted by molar-refractivity contribution is -0.137. The minimum absolute atomic E-state index is 0.0250. The Morgan fingerprint density at radius 2 is 1.78 bits per heavy atom. The zero-order valence-electron chi connectivity index (χ0n) is 15.6. The quantitative estimate of drug-likeness (QED) is 0.534. The zero-order valence-corrected chi connectivity index (χ0v) is 16.4. The van der Waals surface area contributed by atoms with Crippen molar-refractivity contribution in [1.82, 2.24) is 24.7 Å². The fraction of sp³-hybridized carbons (Fsp3) is 0.412. The standard InChI is InChI=1S/C17H23FN6O2S/c1-4-23(5-2)14(25)10-22(3)15(26)11-27-17-21-20-16(24(17)19)12-6-8-13(18)9-7-12/h6-9H,4-5,10-11,19H2,1-3H3. The molecule has 1 aromatic heterocycles. The number of nitrogens with zero attached hydrogens (tertiary/aromatic N) is 5. The lowest BCUT2D eigenvalue weighted by Gasteiger charge is -2.23. The molecule has 0 atom stereocenters. The molecule has 0 aliphatic carbocycles. The highest BCUT2D eigenvalue weighted by Gasteiger charge is 2.18. The molecule has 0 aliphatic heterocycles. The molecule has 0 bridgehead atoms. The van der Waals surface area contributed by atoms with Crippen LogP contribution in [0.15, 0.2) is 29.4 Å². The van der Waals surface area contributed by atoms with Crippen molar-refractivity contribution in [3.05, 3.63) is 30.1 Å². The third kappa shape index (κ3) is 5.19. The van der Waals surface area contributed by atoms with Gasteiger partial charge in [-0.2, -0.15) is 0 Å². The molecule has 8 nitrogen and oxygen atoms in total. The molecule has 2 rings (SSSR count). The van der Waals surface area contributed by atoms with Crippen LogP contribution >= 0.6 is 11.8 Å². The van der Waals surface area contributed by atoms with Crippen LogP contribution in [0.3, 0.4) is 0 Å². The molecule has 2 amide bonds. The van der Waals surface area contributed by atoms with Crippen LogP contribution in [0.2, 0.25) is 0 Å². The van der Waals surface area contributed by atoms with E-state index in [0.29, 0.717) is 29.6 Å². The molecular weight excluding hydrogens is 371 g/mol. The van der Waals surface area contributed by atoms with Crippen LogP contribution in [0, 0.1) is 5.82 Å². The second-order valence-corrected chi connectivity index (χ2v) is 6.73. The molecule has 1 heterocycles. The first-order chi connectivity index (χ1) is 12.9. The number of nitrogen functional groups attached to an aromatic ring is 1. The van der Waals surface area contributed by atoms with Gasteiger partial charge in [0.05, 0.1) is 12.3 Å². The largest absolute Gasteiger partial charge is 0.342 e. The first-order valence-electron chi connectivity index (χ1n) is 8.48. The van der Waals surface area contributed by atoms with E-state index < -0.39 is 0 Å². The Balaban J connectivity index is 1.95. The molecule has 0 radical (unpaired) electrons. The van der Waals surface area contributed by atoms with E-state index in [1.165, 1.54) is 21.7 Å². The third-order valence-electron chi connectivity index (χ3n) is 4.01. The zero-order chi connectivity index (χ0) is 20.0. The number of benzene rings is 1. The second kappa shape index (κ2) is 9.36. The average molecular weight is 394 g/mol. The van der Waals surface area contributed by atoms with Crippen LogP contribution in [0.4, 0.5) is 4.39 Å². The first kappa shape index (κ1) is 20.7. The number of amides is 2. The van der Waals surface area contributed by atoms with Crippen molar-refractivity contribution in [2.75, 3.05) is 38.3 Å². The summed E-state index contributed by atoms with van der Waals surface area (Å²) in [6, 6.07) is 5.72. The Morgan fingerprint density at radius 1 is 1.15 bits per heavy atom. The Kier molecular flexibility index (Phi) is 7.17. The van der Waals surface area contributed by atoms with Crippen molar-refractivity contribution in [2.45, 2.75) is 19.0 Å². The number of hydrogen-bond donors (Lipinski definition) is 1. The van der Waals surface area contributed by atoms with Crippen LogP contribution in [0.25, 0.3) is 11.4 Å². The molecule has 27 heavy (non-hydrogen) atoms. The molecule has 10 heteroatoms. The van der Waals surface area contributed by atoms with Gasteiger partial charge in [-0.1, -0.05) is 11.8 Å². The van der Waals surface area contributed by atoms with E-state index in [0.717, 1.165) is 11.8 Å². The summed E-state index contributed by atoms with van der Waals surface area (Å²) in [4.78, 5) is 27.4. The Hall–Kier alpha value is -2.62. The maximum Gasteiger partial charge on any atom is 0.242 e. The van der Waals surface area contributed by atoms with Gasteiger partial charge in [-0.15, -0.1) is 10.2 Å². The van der Waals surface area contributed by atoms with Gasteiger partial charge in [-0.05, 0) is 38.1 Å². The van der Waals surface area contributed by atoms with Crippen LogP contribution in [0.1, 0.15) is 13.8 Å². The normalized spacial score (nSPS) is 10.7. The molecule has 0 unspecified atom stereocenters. The number of halogens is 1. The average Bonchev–Trinajstić information content (AvgIpc) is 3.02. The van der Waals surface area contributed by atoms with E-state index >= 15 is 0 Å². The lowest BCUT2D eigenvalue weighted by atomic mass is 10.2. The summed E-state index contributed by atoms with van der Waals surface area (Å²) >= 11 is 1.12. The Bertz CT molecular complexity index is 791. The molecule has 2 aromatic rings. The van der Waals surface area contributed by atoms with Crippen molar-refractivity contribution < 1.29 is 14.0 Å².